The third-order valence-electron chi connectivity index (χ3n) is 3.64. The molecule has 0 fully saturated rings. The Balaban J connectivity index is 1.74. The van der Waals surface area contributed by atoms with Crippen LogP contribution in [0.5, 0.6) is 0 Å². The molecular weight excluding hydrogens is 367 g/mol. The van der Waals surface area contributed by atoms with Gasteiger partial charge in [-0.15, -0.1) is 0 Å². The summed E-state index contributed by atoms with van der Waals surface area (Å²) in [6.07, 6.45) is 0.685. The lowest BCUT2D eigenvalue weighted by atomic mass is 10.1. The standard InChI is InChI=1S/C16H14Cl2N4O3/c1-9-19-7-12(18)16(24)22(9)8-15-20-14(21-25-15)6-13(23)10-2-4-11(17)5-3-10/h2-5,7,13,23H,6,8H2,1H3/t13-/m0/s1. The molecule has 25 heavy (non-hydrogen) atoms. The molecule has 0 amide bonds. The van der Waals surface area contributed by atoms with E-state index in [0.717, 1.165) is 0 Å². The summed E-state index contributed by atoms with van der Waals surface area (Å²) in [5.41, 5.74) is 0.317. The number of hydrogen-bond donors (Lipinski definition) is 1. The van der Waals surface area contributed by atoms with E-state index in [1.54, 1.807) is 31.2 Å². The number of aromatic nitrogens is 4. The second-order valence-corrected chi connectivity index (χ2v) is 6.26. The molecule has 0 unspecified atom stereocenters. The Kier molecular flexibility index (Phi) is 5.17. The van der Waals surface area contributed by atoms with Gasteiger partial charge < -0.3 is 9.63 Å². The number of rotatable bonds is 5. The predicted molar refractivity (Wildman–Crippen MR) is 91.8 cm³/mol. The molecule has 0 aliphatic carbocycles. The first-order valence-electron chi connectivity index (χ1n) is 7.41. The van der Waals surface area contributed by atoms with Crippen LogP contribution in [0.3, 0.4) is 0 Å². The highest BCUT2D eigenvalue weighted by Gasteiger charge is 2.15. The minimum Gasteiger partial charge on any atom is -0.388 e. The molecule has 1 atom stereocenters. The normalized spacial score (nSPS) is 12.3. The summed E-state index contributed by atoms with van der Waals surface area (Å²) in [6, 6.07) is 6.86. The van der Waals surface area contributed by atoms with Crippen LogP contribution in [0.4, 0.5) is 0 Å². The van der Waals surface area contributed by atoms with Crippen molar-refractivity contribution < 1.29 is 9.63 Å². The first-order valence-corrected chi connectivity index (χ1v) is 8.16. The van der Waals surface area contributed by atoms with E-state index >= 15 is 0 Å². The Labute approximate surface area is 152 Å². The van der Waals surface area contributed by atoms with Crippen LogP contribution in [0.2, 0.25) is 10.0 Å². The molecule has 0 aliphatic rings. The summed E-state index contributed by atoms with van der Waals surface area (Å²) in [6.45, 7) is 1.74. The van der Waals surface area contributed by atoms with Crippen molar-refractivity contribution >= 4 is 23.2 Å². The van der Waals surface area contributed by atoms with Gasteiger partial charge in [0, 0.05) is 11.4 Å². The van der Waals surface area contributed by atoms with Crippen molar-refractivity contribution in [2.45, 2.75) is 26.0 Å². The number of halogens is 2. The highest BCUT2D eigenvalue weighted by Crippen LogP contribution is 2.19. The molecule has 7 nitrogen and oxygen atoms in total. The monoisotopic (exact) mass is 380 g/mol. The van der Waals surface area contributed by atoms with Crippen LogP contribution in [0.15, 0.2) is 39.8 Å². The number of nitrogens with zero attached hydrogens (tertiary/aromatic N) is 4. The average molecular weight is 381 g/mol. The van der Waals surface area contributed by atoms with E-state index in [1.165, 1.54) is 10.8 Å². The van der Waals surface area contributed by atoms with E-state index in [1.807, 2.05) is 0 Å². The van der Waals surface area contributed by atoms with Crippen LogP contribution >= 0.6 is 23.2 Å². The number of hydrogen-bond acceptors (Lipinski definition) is 6. The van der Waals surface area contributed by atoms with Gasteiger partial charge in [0.2, 0.25) is 5.89 Å². The summed E-state index contributed by atoms with van der Waals surface area (Å²) in [7, 11) is 0. The molecule has 1 aromatic carbocycles. The Morgan fingerprint density at radius 2 is 2.00 bits per heavy atom. The van der Waals surface area contributed by atoms with Gasteiger partial charge in [-0.2, -0.15) is 4.98 Å². The fourth-order valence-corrected chi connectivity index (χ4v) is 2.56. The second-order valence-electron chi connectivity index (χ2n) is 5.42. The van der Waals surface area contributed by atoms with E-state index < -0.39 is 6.10 Å². The summed E-state index contributed by atoms with van der Waals surface area (Å²) < 4.78 is 6.49. The smallest absolute Gasteiger partial charge is 0.272 e. The van der Waals surface area contributed by atoms with Gasteiger partial charge in [0.15, 0.2) is 5.82 Å². The number of aliphatic hydroxyl groups excluding tert-OH is 1. The van der Waals surface area contributed by atoms with Gasteiger partial charge in [-0.1, -0.05) is 40.5 Å². The highest BCUT2D eigenvalue weighted by molar-refractivity contribution is 6.30. The van der Waals surface area contributed by atoms with Crippen LogP contribution in [-0.2, 0) is 13.0 Å². The largest absolute Gasteiger partial charge is 0.388 e. The van der Waals surface area contributed by atoms with Gasteiger partial charge in [0.1, 0.15) is 17.4 Å². The SMILES string of the molecule is Cc1ncc(Cl)c(=O)n1Cc1nc(C[C@H](O)c2ccc(Cl)cc2)no1. The van der Waals surface area contributed by atoms with E-state index in [-0.39, 0.29) is 29.4 Å². The van der Waals surface area contributed by atoms with Crippen molar-refractivity contribution in [1.82, 2.24) is 19.7 Å². The zero-order chi connectivity index (χ0) is 18.0. The maximum atomic E-state index is 12.0. The van der Waals surface area contributed by atoms with Crippen molar-refractivity contribution in [2.75, 3.05) is 0 Å². The lowest BCUT2D eigenvalue weighted by Gasteiger charge is -2.08. The Morgan fingerprint density at radius 1 is 1.28 bits per heavy atom. The molecule has 2 heterocycles. The maximum absolute atomic E-state index is 12.0. The van der Waals surface area contributed by atoms with Gasteiger partial charge in [0.25, 0.3) is 5.56 Å². The summed E-state index contributed by atoms with van der Waals surface area (Å²) >= 11 is 11.6. The van der Waals surface area contributed by atoms with E-state index in [0.29, 0.717) is 22.2 Å². The minimum absolute atomic E-state index is 0.0171. The zero-order valence-corrected chi connectivity index (χ0v) is 14.7. The molecule has 3 aromatic rings. The Hall–Kier alpha value is -2.22. The van der Waals surface area contributed by atoms with Crippen molar-refractivity contribution in [1.29, 1.82) is 0 Å². The van der Waals surface area contributed by atoms with Gasteiger partial charge in [0.05, 0.1) is 12.3 Å². The van der Waals surface area contributed by atoms with Crippen molar-refractivity contribution in [3.63, 3.8) is 0 Å². The summed E-state index contributed by atoms with van der Waals surface area (Å²) in [5.74, 6) is 1.04. The predicted octanol–water partition coefficient (Wildman–Crippen LogP) is 2.57. The quantitative estimate of drug-likeness (QED) is 0.730. The third-order valence-corrected chi connectivity index (χ3v) is 4.15. The Morgan fingerprint density at radius 3 is 2.72 bits per heavy atom. The van der Waals surface area contributed by atoms with Gasteiger partial charge in [-0.05, 0) is 24.6 Å². The molecule has 2 aromatic heterocycles. The van der Waals surface area contributed by atoms with Gasteiger partial charge in [-0.25, -0.2) is 4.98 Å². The van der Waals surface area contributed by atoms with Crippen LogP contribution in [-0.4, -0.2) is 24.8 Å². The fraction of sp³-hybridized carbons (Fsp3) is 0.250. The fourth-order valence-electron chi connectivity index (χ4n) is 2.29. The van der Waals surface area contributed by atoms with Crippen LogP contribution in [0.1, 0.15) is 29.2 Å². The van der Waals surface area contributed by atoms with Crippen molar-refractivity contribution in [3.05, 3.63) is 74.0 Å². The molecule has 9 heteroatoms. The van der Waals surface area contributed by atoms with Crippen molar-refractivity contribution in [3.8, 4) is 0 Å². The first kappa shape index (κ1) is 17.6. The van der Waals surface area contributed by atoms with Crippen molar-refractivity contribution in [2.24, 2.45) is 0 Å². The topological polar surface area (TPSA) is 94.0 Å². The summed E-state index contributed by atoms with van der Waals surface area (Å²) in [4.78, 5) is 20.3. The molecule has 130 valence electrons. The lowest BCUT2D eigenvalue weighted by Crippen LogP contribution is -2.24. The molecule has 0 bridgehead atoms. The lowest BCUT2D eigenvalue weighted by molar-refractivity contribution is 0.174. The minimum atomic E-state index is -0.792. The molecule has 0 saturated carbocycles. The number of aliphatic hydroxyl groups is 1. The van der Waals surface area contributed by atoms with Gasteiger partial charge >= 0.3 is 0 Å². The summed E-state index contributed by atoms with van der Waals surface area (Å²) in [5, 5.41) is 14.7. The maximum Gasteiger partial charge on any atom is 0.272 e. The van der Waals surface area contributed by atoms with Gasteiger partial charge in [-0.3, -0.25) is 9.36 Å². The molecule has 3 rings (SSSR count). The van der Waals surface area contributed by atoms with E-state index in [9.17, 15) is 9.90 Å². The molecule has 0 aliphatic heterocycles. The molecular formula is C16H14Cl2N4O3. The number of benzene rings is 1. The molecule has 1 N–H and O–H groups in total. The van der Waals surface area contributed by atoms with E-state index in [2.05, 4.69) is 15.1 Å². The molecule has 0 saturated heterocycles. The van der Waals surface area contributed by atoms with Crippen LogP contribution in [0, 0.1) is 6.92 Å². The molecule has 0 radical (unpaired) electrons. The third kappa shape index (κ3) is 4.07. The number of aryl methyl sites for hydroxylation is 1. The Bertz CT molecular complexity index is 937. The second kappa shape index (κ2) is 7.35. The first-order chi connectivity index (χ1) is 11.9. The van der Waals surface area contributed by atoms with E-state index in [4.69, 9.17) is 27.7 Å². The van der Waals surface area contributed by atoms with Crippen LogP contribution in [0.25, 0.3) is 0 Å². The molecule has 0 spiro atoms. The zero-order valence-electron chi connectivity index (χ0n) is 13.2. The van der Waals surface area contributed by atoms with Crippen LogP contribution < -0.4 is 5.56 Å². The average Bonchev–Trinajstić information content (AvgIpc) is 3.03. The highest BCUT2D eigenvalue weighted by atomic mass is 35.5.